The van der Waals surface area contributed by atoms with Gasteiger partial charge in [-0.2, -0.15) is 0 Å². The minimum absolute atomic E-state index is 0.0700. The SMILES string of the molecule is CN(C)C=Cc1ccc2oc(=O)ccc2c1[N+](=O)[O-]. The van der Waals surface area contributed by atoms with E-state index in [2.05, 4.69) is 0 Å². The molecule has 1 aromatic carbocycles. The number of benzene rings is 1. The van der Waals surface area contributed by atoms with Crippen molar-refractivity contribution in [3.63, 3.8) is 0 Å². The Balaban J connectivity index is 2.72. The van der Waals surface area contributed by atoms with E-state index < -0.39 is 10.5 Å². The molecule has 0 aliphatic rings. The summed E-state index contributed by atoms with van der Waals surface area (Å²) in [7, 11) is 3.64. The third-order valence-corrected chi connectivity index (χ3v) is 2.54. The number of rotatable bonds is 3. The molecule has 0 atom stereocenters. The fourth-order valence-corrected chi connectivity index (χ4v) is 1.72. The predicted octanol–water partition coefficient (Wildman–Crippen LogP) is 2.23. The Morgan fingerprint density at radius 1 is 1.26 bits per heavy atom. The smallest absolute Gasteiger partial charge is 0.336 e. The number of nitro groups is 1. The first-order valence-corrected chi connectivity index (χ1v) is 5.55. The summed E-state index contributed by atoms with van der Waals surface area (Å²) in [6.45, 7) is 0. The normalized spacial score (nSPS) is 11.1. The molecule has 0 radical (unpaired) electrons. The van der Waals surface area contributed by atoms with E-state index in [1.807, 2.05) is 14.1 Å². The molecule has 0 bridgehead atoms. The lowest BCUT2D eigenvalue weighted by Gasteiger charge is -2.05. The van der Waals surface area contributed by atoms with E-state index >= 15 is 0 Å². The van der Waals surface area contributed by atoms with E-state index in [1.54, 1.807) is 29.3 Å². The van der Waals surface area contributed by atoms with Crippen LogP contribution in [0.25, 0.3) is 17.0 Å². The Morgan fingerprint density at radius 3 is 2.63 bits per heavy atom. The molecule has 0 aliphatic heterocycles. The number of hydrogen-bond donors (Lipinski definition) is 0. The number of hydrogen-bond acceptors (Lipinski definition) is 5. The fourth-order valence-electron chi connectivity index (χ4n) is 1.72. The molecule has 0 aliphatic carbocycles. The van der Waals surface area contributed by atoms with Gasteiger partial charge in [0, 0.05) is 20.2 Å². The summed E-state index contributed by atoms with van der Waals surface area (Å²) >= 11 is 0. The Bertz CT molecular complexity index is 716. The molecular formula is C13H12N2O4. The van der Waals surface area contributed by atoms with Crippen LogP contribution in [-0.2, 0) is 0 Å². The molecule has 98 valence electrons. The van der Waals surface area contributed by atoms with Gasteiger partial charge in [-0.1, -0.05) is 0 Å². The highest BCUT2D eigenvalue weighted by molar-refractivity contribution is 5.90. The Labute approximate surface area is 108 Å². The van der Waals surface area contributed by atoms with E-state index in [9.17, 15) is 14.9 Å². The second kappa shape index (κ2) is 4.93. The molecular weight excluding hydrogens is 248 g/mol. The molecule has 1 heterocycles. The maximum Gasteiger partial charge on any atom is 0.336 e. The summed E-state index contributed by atoms with van der Waals surface area (Å²) in [5.74, 6) is 0. The highest BCUT2D eigenvalue weighted by Crippen LogP contribution is 2.29. The van der Waals surface area contributed by atoms with Gasteiger partial charge < -0.3 is 9.32 Å². The van der Waals surface area contributed by atoms with Crippen LogP contribution in [0.3, 0.4) is 0 Å². The highest BCUT2D eigenvalue weighted by Gasteiger charge is 2.18. The average molecular weight is 260 g/mol. The molecule has 0 amide bonds. The molecule has 0 unspecified atom stereocenters. The standard InChI is InChI=1S/C13H12N2O4/c1-14(2)8-7-9-3-5-11-10(13(9)15(17)18)4-6-12(16)19-11/h3-8H,1-2H3. The van der Waals surface area contributed by atoms with Crippen LogP contribution < -0.4 is 5.63 Å². The van der Waals surface area contributed by atoms with Crippen LogP contribution in [0.2, 0.25) is 0 Å². The molecule has 6 heteroatoms. The maximum absolute atomic E-state index is 11.2. The summed E-state index contributed by atoms with van der Waals surface area (Å²) < 4.78 is 4.94. The minimum atomic E-state index is -0.529. The second-order valence-corrected chi connectivity index (χ2v) is 4.21. The monoisotopic (exact) mass is 260 g/mol. The molecule has 19 heavy (non-hydrogen) atoms. The molecule has 2 aromatic rings. The van der Waals surface area contributed by atoms with Crippen molar-refractivity contribution in [3.8, 4) is 0 Å². The van der Waals surface area contributed by atoms with Gasteiger partial charge >= 0.3 is 5.63 Å². The number of fused-ring (bicyclic) bond motifs is 1. The van der Waals surface area contributed by atoms with E-state index in [1.165, 1.54) is 12.1 Å². The molecule has 0 spiro atoms. The first-order chi connectivity index (χ1) is 8.99. The van der Waals surface area contributed by atoms with Crippen LogP contribution in [0, 0.1) is 10.1 Å². The van der Waals surface area contributed by atoms with Crippen molar-refractivity contribution in [2.75, 3.05) is 14.1 Å². The van der Waals surface area contributed by atoms with Crippen molar-refractivity contribution >= 4 is 22.7 Å². The lowest BCUT2D eigenvalue weighted by atomic mass is 10.1. The van der Waals surface area contributed by atoms with Gasteiger partial charge in [-0.05, 0) is 30.5 Å². The average Bonchev–Trinajstić information content (AvgIpc) is 2.34. The zero-order valence-corrected chi connectivity index (χ0v) is 10.5. The highest BCUT2D eigenvalue weighted by atomic mass is 16.6. The van der Waals surface area contributed by atoms with Crippen LogP contribution in [-0.4, -0.2) is 23.9 Å². The molecule has 0 fully saturated rings. The summed E-state index contributed by atoms with van der Waals surface area (Å²) in [6.07, 6.45) is 3.36. The van der Waals surface area contributed by atoms with Gasteiger partial charge in [-0.3, -0.25) is 10.1 Å². The van der Waals surface area contributed by atoms with Crippen LogP contribution in [0.15, 0.2) is 39.7 Å². The summed E-state index contributed by atoms with van der Waals surface area (Å²) in [4.78, 5) is 23.6. The second-order valence-electron chi connectivity index (χ2n) is 4.21. The van der Waals surface area contributed by atoms with E-state index in [0.717, 1.165) is 0 Å². The van der Waals surface area contributed by atoms with E-state index in [0.29, 0.717) is 10.9 Å². The minimum Gasteiger partial charge on any atom is -0.422 e. The van der Waals surface area contributed by atoms with Gasteiger partial charge in [0.1, 0.15) is 5.58 Å². The van der Waals surface area contributed by atoms with Gasteiger partial charge in [-0.15, -0.1) is 0 Å². The number of nitrogens with zero attached hydrogens (tertiary/aromatic N) is 2. The third kappa shape index (κ3) is 2.62. The van der Waals surface area contributed by atoms with Crippen molar-refractivity contribution in [2.24, 2.45) is 0 Å². The first-order valence-electron chi connectivity index (χ1n) is 5.55. The van der Waals surface area contributed by atoms with Crippen LogP contribution in [0.1, 0.15) is 5.56 Å². The van der Waals surface area contributed by atoms with Gasteiger partial charge in [0.2, 0.25) is 0 Å². The maximum atomic E-state index is 11.2. The third-order valence-electron chi connectivity index (χ3n) is 2.54. The van der Waals surface area contributed by atoms with Gasteiger partial charge in [0.15, 0.2) is 0 Å². The Kier molecular flexibility index (Phi) is 3.33. The van der Waals surface area contributed by atoms with Crippen LogP contribution >= 0.6 is 0 Å². The van der Waals surface area contributed by atoms with Gasteiger partial charge in [0.25, 0.3) is 5.69 Å². The van der Waals surface area contributed by atoms with Crippen molar-refractivity contribution in [1.82, 2.24) is 4.90 Å². The Morgan fingerprint density at radius 2 is 2.00 bits per heavy atom. The van der Waals surface area contributed by atoms with Crippen LogP contribution in [0.4, 0.5) is 5.69 Å². The molecule has 1 aromatic heterocycles. The zero-order valence-electron chi connectivity index (χ0n) is 10.5. The lowest BCUT2D eigenvalue weighted by molar-refractivity contribution is -0.383. The van der Waals surface area contributed by atoms with Crippen molar-refractivity contribution in [3.05, 3.63) is 56.6 Å². The summed E-state index contributed by atoms with van der Waals surface area (Å²) in [5, 5.41) is 11.5. The van der Waals surface area contributed by atoms with Crippen molar-refractivity contribution in [1.29, 1.82) is 0 Å². The fraction of sp³-hybridized carbons (Fsp3) is 0.154. The first kappa shape index (κ1) is 12.8. The molecule has 2 rings (SSSR count). The Hall–Kier alpha value is -2.63. The lowest BCUT2D eigenvalue weighted by Crippen LogP contribution is -2.01. The molecule has 6 nitrogen and oxygen atoms in total. The zero-order chi connectivity index (χ0) is 14.0. The summed E-state index contributed by atoms with van der Waals surface area (Å²) in [6, 6.07) is 5.70. The molecule has 0 saturated carbocycles. The number of nitro benzene ring substituents is 1. The largest absolute Gasteiger partial charge is 0.422 e. The predicted molar refractivity (Wildman–Crippen MR) is 71.9 cm³/mol. The van der Waals surface area contributed by atoms with Crippen LogP contribution in [0.5, 0.6) is 0 Å². The van der Waals surface area contributed by atoms with E-state index in [-0.39, 0.29) is 11.3 Å². The van der Waals surface area contributed by atoms with Gasteiger partial charge in [0.05, 0.1) is 15.9 Å². The van der Waals surface area contributed by atoms with Crippen molar-refractivity contribution in [2.45, 2.75) is 0 Å². The van der Waals surface area contributed by atoms with Gasteiger partial charge in [-0.25, -0.2) is 4.79 Å². The summed E-state index contributed by atoms with van der Waals surface area (Å²) in [5.41, 5.74) is 0.0685. The van der Waals surface area contributed by atoms with E-state index in [4.69, 9.17) is 4.42 Å². The molecule has 0 N–H and O–H groups in total. The molecule has 0 saturated heterocycles. The topological polar surface area (TPSA) is 76.6 Å². The quantitative estimate of drug-likeness (QED) is 0.480. The van der Waals surface area contributed by atoms with Crippen molar-refractivity contribution < 1.29 is 9.34 Å².